The summed E-state index contributed by atoms with van der Waals surface area (Å²) in [5, 5.41) is 0. The van der Waals surface area contributed by atoms with Crippen molar-refractivity contribution >= 4 is 6.29 Å². The number of nitrogens with zero attached hydrogens (tertiary/aromatic N) is 1. The molecule has 3 nitrogen and oxygen atoms in total. The van der Waals surface area contributed by atoms with E-state index in [9.17, 15) is 4.79 Å². The molecule has 0 aromatic heterocycles. The van der Waals surface area contributed by atoms with Crippen molar-refractivity contribution in [2.24, 2.45) is 5.92 Å². The van der Waals surface area contributed by atoms with Crippen molar-refractivity contribution in [1.29, 1.82) is 0 Å². The summed E-state index contributed by atoms with van der Waals surface area (Å²) in [7, 11) is 2.14. The number of ether oxygens (including phenoxy) is 1. The first-order valence-electron chi connectivity index (χ1n) is 6.06. The Labute approximate surface area is 102 Å². The predicted molar refractivity (Wildman–Crippen MR) is 67.7 cm³/mol. The third-order valence-electron chi connectivity index (χ3n) is 3.30. The summed E-state index contributed by atoms with van der Waals surface area (Å²) in [4.78, 5) is 13.0. The summed E-state index contributed by atoms with van der Waals surface area (Å²) in [6.07, 6.45) is 2.07. The van der Waals surface area contributed by atoms with Gasteiger partial charge in [-0.25, -0.2) is 0 Å². The van der Waals surface area contributed by atoms with Crippen molar-refractivity contribution in [2.75, 3.05) is 26.7 Å². The zero-order valence-corrected chi connectivity index (χ0v) is 10.5. The fourth-order valence-electron chi connectivity index (χ4n) is 2.28. The molecule has 0 aliphatic carbocycles. The Morgan fingerprint density at radius 2 is 2.35 bits per heavy atom. The molecule has 1 unspecified atom stereocenters. The van der Waals surface area contributed by atoms with Gasteiger partial charge in [0.1, 0.15) is 12.0 Å². The Morgan fingerprint density at radius 1 is 1.53 bits per heavy atom. The van der Waals surface area contributed by atoms with E-state index in [-0.39, 0.29) is 0 Å². The summed E-state index contributed by atoms with van der Waals surface area (Å²) in [5.41, 5.74) is 1.73. The van der Waals surface area contributed by atoms with Crippen LogP contribution in [-0.4, -0.2) is 37.9 Å². The SMILES string of the molecule is Cc1cc(C=O)ccc1OCC1CCN(C)C1. The van der Waals surface area contributed by atoms with Crippen LogP contribution in [0.1, 0.15) is 22.3 Å². The van der Waals surface area contributed by atoms with Gasteiger partial charge in [-0.2, -0.15) is 0 Å². The highest BCUT2D eigenvalue weighted by atomic mass is 16.5. The van der Waals surface area contributed by atoms with Gasteiger partial charge in [-0.1, -0.05) is 0 Å². The number of aldehydes is 1. The van der Waals surface area contributed by atoms with E-state index in [0.29, 0.717) is 11.5 Å². The molecule has 92 valence electrons. The van der Waals surface area contributed by atoms with Crippen LogP contribution in [0.3, 0.4) is 0 Å². The topological polar surface area (TPSA) is 29.5 Å². The molecule has 1 aromatic rings. The average molecular weight is 233 g/mol. The van der Waals surface area contributed by atoms with Gasteiger partial charge in [0.2, 0.25) is 0 Å². The maximum absolute atomic E-state index is 10.6. The number of hydrogen-bond donors (Lipinski definition) is 0. The Kier molecular flexibility index (Phi) is 3.79. The van der Waals surface area contributed by atoms with Gasteiger partial charge in [0.15, 0.2) is 0 Å². The summed E-state index contributed by atoms with van der Waals surface area (Å²) in [6, 6.07) is 5.55. The molecule has 1 aliphatic heterocycles. The number of hydrogen-bond acceptors (Lipinski definition) is 3. The molecule has 2 rings (SSSR count). The number of rotatable bonds is 4. The van der Waals surface area contributed by atoms with Crippen LogP contribution in [0.25, 0.3) is 0 Å². The van der Waals surface area contributed by atoms with E-state index in [4.69, 9.17) is 4.74 Å². The van der Waals surface area contributed by atoms with E-state index in [1.54, 1.807) is 6.07 Å². The van der Waals surface area contributed by atoms with E-state index < -0.39 is 0 Å². The van der Waals surface area contributed by atoms with E-state index in [0.717, 1.165) is 37.3 Å². The molecule has 0 bridgehead atoms. The van der Waals surface area contributed by atoms with Crippen molar-refractivity contribution < 1.29 is 9.53 Å². The molecule has 1 aromatic carbocycles. The highest BCUT2D eigenvalue weighted by Crippen LogP contribution is 2.21. The van der Waals surface area contributed by atoms with E-state index in [2.05, 4.69) is 11.9 Å². The molecule has 0 saturated carbocycles. The van der Waals surface area contributed by atoms with Crippen LogP contribution in [0.5, 0.6) is 5.75 Å². The van der Waals surface area contributed by atoms with Gasteiger partial charge in [0, 0.05) is 18.0 Å². The molecule has 3 heteroatoms. The van der Waals surface area contributed by atoms with Crippen molar-refractivity contribution in [3.8, 4) is 5.75 Å². The van der Waals surface area contributed by atoms with Crippen LogP contribution in [-0.2, 0) is 0 Å². The fourth-order valence-corrected chi connectivity index (χ4v) is 2.28. The lowest BCUT2D eigenvalue weighted by molar-refractivity contribution is 0.112. The first kappa shape index (κ1) is 12.1. The smallest absolute Gasteiger partial charge is 0.150 e. The van der Waals surface area contributed by atoms with E-state index in [1.807, 2.05) is 19.1 Å². The number of aryl methyl sites for hydroxylation is 1. The Balaban J connectivity index is 1.92. The molecular weight excluding hydrogens is 214 g/mol. The monoisotopic (exact) mass is 233 g/mol. The largest absolute Gasteiger partial charge is 0.493 e. The minimum Gasteiger partial charge on any atom is -0.493 e. The molecule has 0 amide bonds. The highest BCUT2D eigenvalue weighted by molar-refractivity contribution is 5.75. The normalized spacial score (nSPS) is 20.5. The molecular formula is C14H19NO2. The quantitative estimate of drug-likeness (QED) is 0.746. The Hall–Kier alpha value is -1.35. The third-order valence-corrected chi connectivity index (χ3v) is 3.30. The van der Waals surface area contributed by atoms with E-state index in [1.165, 1.54) is 6.42 Å². The highest BCUT2D eigenvalue weighted by Gasteiger charge is 2.20. The summed E-state index contributed by atoms with van der Waals surface area (Å²) in [5.74, 6) is 1.52. The lowest BCUT2D eigenvalue weighted by Crippen LogP contribution is -2.18. The van der Waals surface area contributed by atoms with Gasteiger partial charge < -0.3 is 9.64 Å². The summed E-state index contributed by atoms with van der Waals surface area (Å²) >= 11 is 0. The van der Waals surface area contributed by atoms with Crippen LogP contribution in [0.4, 0.5) is 0 Å². The number of likely N-dealkylation sites (tertiary alicyclic amines) is 1. The minimum atomic E-state index is 0.630. The molecule has 1 heterocycles. The maximum Gasteiger partial charge on any atom is 0.150 e. The molecule has 17 heavy (non-hydrogen) atoms. The predicted octanol–water partition coefficient (Wildman–Crippen LogP) is 2.14. The second-order valence-corrected chi connectivity index (χ2v) is 4.87. The Bertz CT molecular complexity index is 403. The van der Waals surface area contributed by atoms with Crippen molar-refractivity contribution in [3.63, 3.8) is 0 Å². The fraction of sp³-hybridized carbons (Fsp3) is 0.500. The standard InChI is InChI=1S/C14H19NO2/c1-11-7-12(9-16)3-4-14(11)17-10-13-5-6-15(2)8-13/h3-4,7,9,13H,5-6,8,10H2,1-2H3. The van der Waals surface area contributed by atoms with Crippen molar-refractivity contribution in [2.45, 2.75) is 13.3 Å². The molecule has 0 radical (unpaired) electrons. The van der Waals surface area contributed by atoms with Gasteiger partial charge in [-0.3, -0.25) is 4.79 Å². The van der Waals surface area contributed by atoms with Gasteiger partial charge in [0.05, 0.1) is 6.61 Å². The van der Waals surface area contributed by atoms with Crippen LogP contribution in [0.2, 0.25) is 0 Å². The molecule has 1 fully saturated rings. The first-order valence-corrected chi connectivity index (χ1v) is 6.06. The number of carbonyl (C=O) groups is 1. The van der Waals surface area contributed by atoms with E-state index >= 15 is 0 Å². The van der Waals surface area contributed by atoms with Crippen LogP contribution >= 0.6 is 0 Å². The van der Waals surface area contributed by atoms with Crippen LogP contribution in [0, 0.1) is 12.8 Å². The van der Waals surface area contributed by atoms with Crippen molar-refractivity contribution in [3.05, 3.63) is 29.3 Å². The van der Waals surface area contributed by atoms with Crippen LogP contribution < -0.4 is 4.74 Å². The zero-order valence-electron chi connectivity index (χ0n) is 10.5. The molecule has 1 aliphatic rings. The molecule has 1 atom stereocenters. The summed E-state index contributed by atoms with van der Waals surface area (Å²) < 4.78 is 5.83. The zero-order chi connectivity index (χ0) is 12.3. The van der Waals surface area contributed by atoms with Crippen molar-refractivity contribution in [1.82, 2.24) is 4.90 Å². The second-order valence-electron chi connectivity index (χ2n) is 4.87. The maximum atomic E-state index is 10.6. The molecule has 0 spiro atoms. The third kappa shape index (κ3) is 3.07. The number of carbonyl (C=O) groups excluding carboxylic acids is 1. The minimum absolute atomic E-state index is 0.630. The average Bonchev–Trinajstić information content (AvgIpc) is 2.73. The molecule has 0 N–H and O–H groups in total. The Morgan fingerprint density at radius 3 is 2.94 bits per heavy atom. The first-order chi connectivity index (χ1) is 8.19. The summed E-state index contributed by atoms with van der Waals surface area (Å²) in [6.45, 7) is 5.03. The van der Waals surface area contributed by atoms with Gasteiger partial charge in [-0.15, -0.1) is 0 Å². The van der Waals surface area contributed by atoms with Gasteiger partial charge >= 0.3 is 0 Å². The lowest BCUT2D eigenvalue weighted by atomic mass is 10.1. The number of benzene rings is 1. The van der Waals surface area contributed by atoms with Crippen LogP contribution in [0.15, 0.2) is 18.2 Å². The molecule has 1 saturated heterocycles. The van der Waals surface area contributed by atoms with Gasteiger partial charge in [0.25, 0.3) is 0 Å². The lowest BCUT2D eigenvalue weighted by Gasteiger charge is -2.14. The second kappa shape index (κ2) is 5.32. The van der Waals surface area contributed by atoms with Gasteiger partial charge in [-0.05, 0) is 50.7 Å².